The second-order valence-corrected chi connectivity index (χ2v) is 7.76. The van der Waals surface area contributed by atoms with Gasteiger partial charge in [0.05, 0.1) is 14.2 Å². The molecule has 1 aromatic carbocycles. The number of nitrogens with zero attached hydrogens (tertiary/aromatic N) is 1. The third kappa shape index (κ3) is 2.14. The van der Waals surface area contributed by atoms with E-state index in [4.69, 9.17) is 25.8 Å². The number of halogens is 1. The average Bonchev–Trinajstić information content (AvgIpc) is 3.13. The Labute approximate surface area is 157 Å². The van der Waals surface area contributed by atoms with Gasteiger partial charge < -0.3 is 19.3 Å². The minimum absolute atomic E-state index is 0.110. The molecule has 3 aliphatic rings. The van der Waals surface area contributed by atoms with Crippen LogP contribution in [0.3, 0.4) is 0 Å². The number of Topliss-reactive ketones (excluding diaryl/α,β-unsaturated/α-hetero) is 1. The van der Waals surface area contributed by atoms with E-state index in [0.29, 0.717) is 24.5 Å². The van der Waals surface area contributed by atoms with E-state index in [1.54, 1.807) is 6.07 Å². The second-order valence-electron chi connectivity index (χ2n) is 7.39. The number of aliphatic hydroxyl groups excluding tert-OH is 1. The molecule has 1 spiro atoms. The SMILES string of the molecule is COc1cc(OC)c2c(c1Cl)OC1(C2=O)C(C)CC2NN(C)CC2C1O. The van der Waals surface area contributed by atoms with E-state index in [-0.39, 0.29) is 40.0 Å². The number of hydrogen-bond acceptors (Lipinski definition) is 7. The van der Waals surface area contributed by atoms with Gasteiger partial charge in [-0.2, -0.15) is 0 Å². The van der Waals surface area contributed by atoms with E-state index >= 15 is 0 Å². The molecule has 2 N–H and O–H groups in total. The molecular weight excluding hydrogens is 360 g/mol. The molecule has 2 heterocycles. The highest BCUT2D eigenvalue weighted by Gasteiger charge is 2.65. The average molecular weight is 383 g/mol. The Bertz CT molecular complexity index is 772. The summed E-state index contributed by atoms with van der Waals surface area (Å²) in [5.41, 5.74) is 2.26. The molecule has 0 amide bonds. The molecule has 0 aromatic heterocycles. The van der Waals surface area contributed by atoms with Gasteiger partial charge in [-0.05, 0) is 6.42 Å². The highest BCUT2D eigenvalue weighted by atomic mass is 35.5. The van der Waals surface area contributed by atoms with Gasteiger partial charge in [0.1, 0.15) is 28.2 Å². The van der Waals surface area contributed by atoms with Crippen LogP contribution in [0.15, 0.2) is 6.07 Å². The maximum absolute atomic E-state index is 13.5. The highest BCUT2D eigenvalue weighted by molar-refractivity contribution is 6.35. The minimum atomic E-state index is -1.36. The molecule has 5 unspecified atom stereocenters. The van der Waals surface area contributed by atoms with Crippen molar-refractivity contribution in [3.63, 3.8) is 0 Å². The minimum Gasteiger partial charge on any atom is -0.496 e. The number of aliphatic hydroxyl groups is 1. The van der Waals surface area contributed by atoms with Gasteiger partial charge in [0.25, 0.3) is 0 Å². The number of fused-ring (bicyclic) bond motifs is 2. The highest BCUT2D eigenvalue weighted by Crippen LogP contribution is 2.55. The van der Waals surface area contributed by atoms with Gasteiger partial charge >= 0.3 is 0 Å². The summed E-state index contributed by atoms with van der Waals surface area (Å²) in [4.78, 5) is 13.5. The molecule has 1 aromatic rings. The fourth-order valence-electron chi connectivity index (χ4n) is 4.73. The smallest absolute Gasteiger partial charge is 0.216 e. The van der Waals surface area contributed by atoms with Crippen molar-refractivity contribution in [1.29, 1.82) is 0 Å². The monoisotopic (exact) mass is 382 g/mol. The molecule has 0 radical (unpaired) electrons. The van der Waals surface area contributed by atoms with Crippen molar-refractivity contribution in [2.75, 3.05) is 27.8 Å². The van der Waals surface area contributed by atoms with Crippen LogP contribution in [0.4, 0.5) is 0 Å². The zero-order chi connectivity index (χ0) is 18.8. The number of ketones is 1. The Morgan fingerprint density at radius 1 is 1.38 bits per heavy atom. The molecule has 1 saturated carbocycles. The summed E-state index contributed by atoms with van der Waals surface area (Å²) < 4.78 is 16.9. The summed E-state index contributed by atoms with van der Waals surface area (Å²) >= 11 is 6.42. The first-order valence-corrected chi connectivity index (χ1v) is 9.06. The molecule has 142 valence electrons. The number of ether oxygens (including phenoxy) is 3. The molecule has 1 aliphatic carbocycles. The number of rotatable bonds is 2. The topological polar surface area (TPSA) is 80.3 Å². The van der Waals surface area contributed by atoms with Crippen LogP contribution in [-0.4, -0.2) is 61.5 Å². The quantitative estimate of drug-likeness (QED) is 0.802. The number of methoxy groups -OCH3 is 2. The van der Waals surface area contributed by atoms with Crippen LogP contribution in [0.5, 0.6) is 17.2 Å². The molecule has 2 aliphatic heterocycles. The van der Waals surface area contributed by atoms with Crippen LogP contribution in [0.1, 0.15) is 23.7 Å². The molecule has 5 atom stereocenters. The number of carbonyl (C=O) groups excluding carboxylic acids is 1. The lowest BCUT2D eigenvalue weighted by molar-refractivity contribution is -0.104. The Morgan fingerprint density at radius 3 is 2.73 bits per heavy atom. The second kappa shape index (κ2) is 5.99. The molecular formula is C18H23ClN2O5. The molecule has 4 rings (SSSR count). The van der Waals surface area contributed by atoms with Crippen LogP contribution in [-0.2, 0) is 0 Å². The van der Waals surface area contributed by atoms with Crippen molar-refractivity contribution >= 4 is 17.4 Å². The largest absolute Gasteiger partial charge is 0.496 e. The third-order valence-electron chi connectivity index (χ3n) is 6.02. The maximum atomic E-state index is 13.5. The normalized spacial score (nSPS) is 36.0. The van der Waals surface area contributed by atoms with E-state index in [1.807, 2.05) is 19.0 Å². The van der Waals surface area contributed by atoms with E-state index in [2.05, 4.69) is 5.43 Å². The number of hydrazine groups is 1. The summed E-state index contributed by atoms with van der Waals surface area (Å²) in [5.74, 6) is 0.348. The fourth-order valence-corrected chi connectivity index (χ4v) is 4.99. The van der Waals surface area contributed by atoms with Crippen molar-refractivity contribution < 1.29 is 24.1 Å². The first-order valence-electron chi connectivity index (χ1n) is 8.68. The summed E-state index contributed by atoms with van der Waals surface area (Å²) in [6, 6.07) is 1.69. The summed E-state index contributed by atoms with van der Waals surface area (Å²) in [6.45, 7) is 2.57. The Kier molecular flexibility index (Phi) is 4.11. The lowest BCUT2D eigenvalue weighted by Gasteiger charge is -2.46. The first-order chi connectivity index (χ1) is 12.3. The molecule has 1 saturated heterocycles. The van der Waals surface area contributed by atoms with Crippen LogP contribution in [0.25, 0.3) is 0 Å². The van der Waals surface area contributed by atoms with Gasteiger partial charge in [-0.25, -0.2) is 5.01 Å². The van der Waals surface area contributed by atoms with Gasteiger partial charge in [-0.1, -0.05) is 18.5 Å². The number of hydrogen-bond donors (Lipinski definition) is 2. The molecule has 26 heavy (non-hydrogen) atoms. The molecule has 0 bridgehead atoms. The molecule has 8 heteroatoms. The van der Waals surface area contributed by atoms with Crippen LogP contribution in [0, 0.1) is 11.8 Å². The Morgan fingerprint density at radius 2 is 2.08 bits per heavy atom. The standard InChI is InChI=1S/C18H23ClN2O5/c1-8-5-10-9(7-21(2)20-10)16(22)18(8)17(23)13-11(24-3)6-12(25-4)14(19)15(13)26-18/h6,8-10,16,20,22H,5,7H2,1-4H3. The van der Waals surface area contributed by atoms with E-state index < -0.39 is 11.7 Å². The Balaban J connectivity index is 1.83. The fraction of sp³-hybridized carbons (Fsp3) is 0.611. The van der Waals surface area contributed by atoms with E-state index in [0.717, 1.165) is 0 Å². The van der Waals surface area contributed by atoms with Crippen molar-refractivity contribution in [3.8, 4) is 17.2 Å². The van der Waals surface area contributed by atoms with Crippen molar-refractivity contribution in [3.05, 3.63) is 16.7 Å². The lowest BCUT2D eigenvalue weighted by atomic mass is 9.65. The number of carbonyl (C=O) groups is 1. The lowest BCUT2D eigenvalue weighted by Crippen LogP contribution is -2.64. The predicted octanol–water partition coefficient (Wildman–Crippen LogP) is 1.51. The molecule has 2 fully saturated rings. The van der Waals surface area contributed by atoms with Gasteiger partial charge in [0.2, 0.25) is 11.4 Å². The first kappa shape index (κ1) is 17.9. The van der Waals surface area contributed by atoms with Gasteiger partial charge in [-0.3, -0.25) is 10.2 Å². The summed E-state index contributed by atoms with van der Waals surface area (Å²) in [7, 11) is 4.90. The van der Waals surface area contributed by atoms with Crippen molar-refractivity contribution in [2.45, 2.75) is 31.1 Å². The zero-order valence-corrected chi connectivity index (χ0v) is 16.0. The molecule has 7 nitrogen and oxygen atoms in total. The van der Waals surface area contributed by atoms with Crippen LogP contribution >= 0.6 is 11.6 Å². The third-order valence-corrected chi connectivity index (χ3v) is 6.37. The van der Waals surface area contributed by atoms with Crippen LogP contribution < -0.4 is 19.6 Å². The summed E-state index contributed by atoms with van der Waals surface area (Å²) in [6.07, 6.45) is -0.247. The van der Waals surface area contributed by atoms with Crippen LogP contribution in [0.2, 0.25) is 5.02 Å². The number of benzene rings is 1. The van der Waals surface area contributed by atoms with Crippen molar-refractivity contribution in [1.82, 2.24) is 10.4 Å². The number of nitrogens with one attached hydrogen (secondary N) is 1. The summed E-state index contributed by atoms with van der Waals surface area (Å²) in [5, 5.41) is 13.4. The van der Waals surface area contributed by atoms with Gasteiger partial charge in [0.15, 0.2) is 5.75 Å². The Hall–Kier alpha value is -1.54. The van der Waals surface area contributed by atoms with E-state index in [1.165, 1.54) is 14.2 Å². The predicted molar refractivity (Wildman–Crippen MR) is 95.1 cm³/mol. The maximum Gasteiger partial charge on any atom is 0.216 e. The zero-order valence-electron chi connectivity index (χ0n) is 15.2. The van der Waals surface area contributed by atoms with Crippen molar-refractivity contribution in [2.24, 2.45) is 11.8 Å². The van der Waals surface area contributed by atoms with Gasteiger partial charge in [-0.15, -0.1) is 0 Å². The van der Waals surface area contributed by atoms with E-state index in [9.17, 15) is 9.90 Å². The van der Waals surface area contributed by atoms with Gasteiger partial charge in [0, 0.05) is 37.5 Å².